The lowest BCUT2D eigenvalue weighted by molar-refractivity contribution is 0.0607. The highest BCUT2D eigenvalue weighted by molar-refractivity contribution is 5.24. The van der Waals surface area contributed by atoms with E-state index < -0.39 is 0 Å². The zero-order valence-electron chi connectivity index (χ0n) is 11.2. The lowest BCUT2D eigenvalue weighted by Gasteiger charge is -2.33. The van der Waals surface area contributed by atoms with Crippen molar-refractivity contribution in [2.45, 2.75) is 63.1 Å². The van der Waals surface area contributed by atoms with Gasteiger partial charge in [0.05, 0.1) is 12.4 Å². The summed E-state index contributed by atoms with van der Waals surface area (Å²) >= 11 is 0. The van der Waals surface area contributed by atoms with Crippen LogP contribution in [-0.4, -0.2) is 19.3 Å². The van der Waals surface area contributed by atoms with E-state index in [9.17, 15) is 0 Å². The summed E-state index contributed by atoms with van der Waals surface area (Å²) in [4.78, 5) is 0. The van der Waals surface area contributed by atoms with Gasteiger partial charge in [0.15, 0.2) is 0 Å². The van der Waals surface area contributed by atoms with Crippen molar-refractivity contribution in [1.82, 2.24) is 5.32 Å². The predicted octanol–water partition coefficient (Wildman–Crippen LogP) is 3.20. The average Bonchev–Trinajstić information content (AvgIpc) is 2.89. The first-order chi connectivity index (χ1) is 8.86. The molecule has 2 aliphatic carbocycles. The maximum atomic E-state index is 5.55. The minimum absolute atomic E-state index is 0.485. The minimum Gasteiger partial charge on any atom is -0.469 e. The SMILES string of the molecule is COC1CCC(NC2CCCc3occc32)CC1. The van der Waals surface area contributed by atoms with E-state index >= 15 is 0 Å². The summed E-state index contributed by atoms with van der Waals surface area (Å²) in [5.41, 5.74) is 1.40. The van der Waals surface area contributed by atoms with Crippen molar-refractivity contribution in [3.8, 4) is 0 Å². The second kappa shape index (κ2) is 5.45. The topological polar surface area (TPSA) is 34.4 Å². The second-order valence-corrected chi connectivity index (χ2v) is 5.62. The summed E-state index contributed by atoms with van der Waals surface area (Å²) in [6.07, 6.45) is 10.8. The zero-order chi connectivity index (χ0) is 12.4. The van der Waals surface area contributed by atoms with Gasteiger partial charge in [0.25, 0.3) is 0 Å². The lowest BCUT2D eigenvalue weighted by atomic mass is 9.89. The molecule has 0 aliphatic heterocycles. The summed E-state index contributed by atoms with van der Waals surface area (Å²) in [7, 11) is 1.83. The summed E-state index contributed by atoms with van der Waals surface area (Å²) in [5.74, 6) is 1.20. The van der Waals surface area contributed by atoms with Crippen LogP contribution >= 0.6 is 0 Å². The van der Waals surface area contributed by atoms with Crippen molar-refractivity contribution in [1.29, 1.82) is 0 Å². The van der Waals surface area contributed by atoms with Gasteiger partial charge in [-0.15, -0.1) is 0 Å². The Bertz CT molecular complexity index is 380. The number of rotatable bonds is 3. The Balaban J connectivity index is 1.58. The molecule has 1 atom stereocenters. The van der Waals surface area contributed by atoms with E-state index in [4.69, 9.17) is 9.15 Å². The molecule has 1 saturated carbocycles. The van der Waals surface area contributed by atoms with Crippen LogP contribution in [0.2, 0.25) is 0 Å². The Morgan fingerprint density at radius 1 is 1.22 bits per heavy atom. The molecule has 1 aromatic rings. The van der Waals surface area contributed by atoms with Crippen LogP contribution in [0, 0.1) is 0 Å². The van der Waals surface area contributed by atoms with Crippen molar-refractivity contribution in [3.63, 3.8) is 0 Å². The van der Waals surface area contributed by atoms with Gasteiger partial charge < -0.3 is 14.5 Å². The Hall–Kier alpha value is -0.800. The van der Waals surface area contributed by atoms with Gasteiger partial charge in [0.2, 0.25) is 0 Å². The average molecular weight is 249 g/mol. The minimum atomic E-state index is 0.485. The molecule has 1 fully saturated rings. The van der Waals surface area contributed by atoms with Crippen LogP contribution in [0.25, 0.3) is 0 Å². The monoisotopic (exact) mass is 249 g/mol. The fourth-order valence-corrected chi connectivity index (χ4v) is 3.41. The van der Waals surface area contributed by atoms with Gasteiger partial charge in [0, 0.05) is 31.2 Å². The van der Waals surface area contributed by atoms with Gasteiger partial charge >= 0.3 is 0 Å². The lowest BCUT2D eigenvalue weighted by Crippen LogP contribution is -2.38. The molecule has 3 heteroatoms. The van der Waals surface area contributed by atoms with Crippen LogP contribution < -0.4 is 5.32 Å². The number of fused-ring (bicyclic) bond motifs is 1. The van der Waals surface area contributed by atoms with Crippen molar-refractivity contribution < 1.29 is 9.15 Å². The van der Waals surface area contributed by atoms with E-state index in [1.165, 1.54) is 49.8 Å². The van der Waals surface area contributed by atoms with Crippen LogP contribution in [0.1, 0.15) is 55.9 Å². The van der Waals surface area contributed by atoms with Gasteiger partial charge in [-0.1, -0.05) is 0 Å². The van der Waals surface area contributed by atoms with Crippen LogP contribution in [0.3, 0.4) is 0 Å². The molecule has 18 heavy (non-hydrogen) atoms. The molecular formula is C15H23NO2. The third kappa shape index (κ3) is 2.47. The van der Waals surface area contributed by atoms with E-state index in [2.05, 4.69) is 11.4 Å². The first kappa shape index (κ1) is 12.2. The van der Waals surface area contributed by atoms with E-state index in [1.807, 2.05) is 13.4 Å². The maximum absolute atomic E-state index is 5.55. The van der Waals surface area contributed by atoms with Crippen molar-refractivity contribution in [3.05, 3.63) is 23.7 Å². The molecule has 0 amide bonds. The molecule has 1 aromatic heterocycles. The van der Waals surface area contributed by atoms with Crippen molar-refractivity contribution in [2.24, 2.45) is 0 Å². The van der Waals surface area contributed by atoms with Gasteiger partial charge in [-0.2, -0.15) is 0 Å². The highest BCUT2D eigenvalue weighted by Gasteiger charge is 2.27. The maximum Gasteiger partial charge on any atom is 0.108 e. The molecule has 2 aliphatic rings. The number of methoxy groups -OCH3 is 1. The Labute approximate surface area is 109 Å². The molecule has 0 saturated heterocycles. The molecule has 3 rings (SSSR count). The van der Waals surface area contributed by atoms with Crippen LogP contribution in [0.15, 0.2) is 16.7 Å². The van der Waals surface area contributed by atoms with Gasteiger partial charge in [-0.25, -0.2) is 0 Å². The number of ether oxygens (including phenoxy) is 1. The highest BCUT2D eigenvalue weighted by atomic mass is 16.5. The van der Waals surface area contributed by atoms with Crippen LogP contribution in [0.4, 0.5) is 0 Å². The zero-order valence-corrected chi connectivity index (χ0v) is 11.2. The number of aryl methyl sites for hydroxylation is 1. The number of hydrogen-bond donors (Lipinski definition) is 1. The Morgan fingerprint density at radius 2 is 2.06 bits per heavy atom. The summed E-state index contributed by atoms with van der Waals surface area (Å²) in [6.45, 7) is 0. The quantitative estimate of drug-likeness (QED) is 0.893. The third-order valence-corrected chi connectivity index (χ3v) is 4.50. The molecule has 3 nitrogen and oxygen atoms in total. The second-order valence-electron chi connectivity index (χ2n) is 5.62. The van der Waals surface area contributed by atoms with Crippen LogP contribution in [-0.2, 0) is 11.2 Å². The smallest absolute Gasteiger partial charge is 0.108 e. The molecule has 100 valence electrons. The van der Waals surface area contributed by atoms with E-state index in [-0.39, 0.29) is 0 Å². The highest BCUT2D eigenvalue weighted by Crippen LogP contribution is 2.32. The standard InChI is InChI=1S/C15H23NO2/c1-17-12-7-5-11(6-8-12)16-14-3-2-4-15-13(14)9-10-18-15/h9-12,14,16H,2-8H2,1H3. The first-order valence-electron chi connectivity index (χ1n) is 7.22. The number of hydrogen-bond acceptors (Lipinski definition) is 3. The Kier molecular flexibility index (Phi) is 3.71. The largest absolute Gasteiger partial charge is 0.469 e. The predicted molar refractivity (Wildman–Crippen MR) is 70.6 cm³/mol. The first-order valence-corrected chi connectivity index (χ1v) is 7.22. The number of nitrogens with one attached hydrogen (secondary N) is 1. The third-order valence-electron chi connectivity index (χ3n) is 4.50. The molecule has 0 radical (unpaired) electrons. The summed E-state index contributed by atoms with van der Waals surface area (Å²) in [6, 6.07) is 3.31. The van der Waals surface area contributed by atoms with E-state index in [0.29, 0.717) is 18.2 Å². The molecule has 0 spiro atoms. The molecule has 1 unspecified atom stereocenters. The fourth-order valence-electron chi connectivity index (χ4n) is 3.41. The van der Waals surface area contributed by atoms with Crippen molar-refractivity contribution >= 4 is 0 Å². The normalized spacial score (nSPS) is 32.2. The van der Waals surface area contributed by atoms with Gasteiger partial charge in [-0.05, 0) is 44.6 Å². The number of furan rings is 1. The summed E-state index contributed by atoms with van der Waals surface area (Å²) < 4.78 is 11.0. The van der Waals surface area contributed by atoms with Gasteiger partial charge in [-0.3, -0.25) is 0 Å². The van der Waals surface area contributed by atoms with E-state index in [0.717, 1.165) is 6.42 Å². The Morgan fingerprint density at radius 3 is 2.83 bits per heavy atom. The molecule has 1 N–H and O–H groups in total. The van der Waals surface area contributed by atoms with Crippen molar-refractivity contribution in [2.75, 3.05) is 7.11 Å². The molecule has 1 heterocycles. The summed E-state index contributed by atoms with van der Waals surface area (Å²) in [5, 5.41) is 3.83. The van der Waals surface area contributed by atoms with Gasteiger partial charge in [0.1, 0.15) is 5.76 Å². The van der Waals surface area contributed by atoms with E-state index in [1.54, 1.807) is 0 Å². The molecule has 0 bridgehead atoms. The molecule has 0 aromatic carbocycles. The fraction of sp³-hybridized carbons (Fsp3) is 0.733. The molecular weight excluding hydrogens is 226 g/mol. The van der Waals surface area contributed by atoms with Crippen LogP contribution in [0.5, 0.6) is 0 Å².